The molecule has 0 aromatic carbocycles. The second-order valence-corrected chi connectivity index (χ2v) is 7.84. The van der Waals surface area contributed by atoms with Crippen molar-refractivity contribution in [2.75, 3.05) is 18.0 Å². The number of aryl methyl sites for hydroxylation is 1. The van der Waals surface area contributed by atoms with Crippen molar-refractivity contribution in [2.24, 2.45) is 5.92 Å². The molecule has 1 aromatic rings. The molecule has 0 unspecified atom stereocenters. The molecule has 1 N–H and O–H groups in total. The van der Waals surface area contributed by atoms with Crippen molar-refractivity contribution in [3.05, 3.63) is 10.6 Å². The molecule has 1 fully saturated rings. The van der Waals surface area contributed by atoms with Crippen molar-refractivity contribution in [3.63, 3.8) is 0 Å². The monoisotopic (exact) mass is 281 g/mol. The van der Waals surface area contributed by atoms with Crippen molar-refractivity contribution in [1.29, 1.82) is 0 Å². The van der Waals surface area contributed by atoms with E-state index in [9.17, 15) is 0 Å². The van der Waals surface area contributed by atoms with Gasteiger partial charge in [-0.1, -0.05) is 6.92 Å². The van der Waals surface area contributed by atoms with Crippen LogP contribution in [-0.4, -0.2) is 23.6 Å². The number of nitrogens with one attached hydrogen (secondary N) is 1. The van der Waals surface area contributed by atoms with Crippen LogP contribution < -0.4 is 10.2 Å². The summed E-state index contributed by atoms with van der Waals surface area (Å²) in [5, 5.41) is 4.77. The van der Waals surface area contributed by atoms with Crippen molar-refractivity contribution in [1.82, 2.24) is 10.3 Å². The lowest BCUT2D eigenvalue weighted by Crippen LogP contribution is -2.35. The molecule has 2 heterocycles. The molecule has 0 aliphatic carbocycles. The Morgan fingerprint density at radius 1 is 1.32 bits per heavy atom. The predicted molar refractivity (Wildman–Crippen MR) is 84.1 cm³/mol. The first-order valence-corrected chi connectivity index (χ1v) is 8.13. The van der Waals surface area contributed by atoms with Crippen molar-refractivity contribution in [2.45, 2.75) is 59.5 Å². The molecule has 1 aliphatic rings. The summed E-state index contributed by atoms with van der Waals surface area (Å²) in [5.74, 6) is 0.874. The fourth-order valence-corrected chi connectivity index (χ4v) is 3.31. The third-order valence-electron chi connectivity index (χ3n) is 3.71. The Bertz CT molecular complexity index is 412. The van der Waals surface area contributed by atoms with Crippen molar-refractivity contribution >= 4 is 16.5 Å². The van der Waals surface area contributed by atoms with Crippen LogP contribution in [0.3, 0.4) is 0 Å². The lowest BCUT2D eigenvalue weighted by atomic mass is 10.00. The van der Waals surface area contributed by atoms with Gasteiger partial charge in [-0.3, -0.25) is 0 Å². The van der Waals surface area contributed by atoms with Crippen molar-refractivity contribution in [3.8, 4) is 0 Å². The molecule has 1 aliphatic heterocycles. The molecule has 0 radical (unpaired) electrons. The Morgan fingerprint density at radius 3 is 2.53 bits per heavy atom. The third kappa shape index (κ3) is 4.18. The topological polar surface area (TPSA) is 28.2 Å². The molecule has 108 valence electrons. The highest BCUT2D eigenvalue weighted by atomic mass is 32.1. The van der Waals surface area contributed by atoms with Gasteiger partial charge in [0.15, 0.2) is 5.13 Å². The average molecular weight is 281 g/mol. The standard InChI is InChI=1S/C15H27N3S/c1-11-6-8-18(9-7-11)14-17-12(2)13(19-14)10-16-15(3,4)5/h11,16H,6-10H2,1-5H3. The molecule has 0 atom stereocenters. The average Bonchev–Trinajstić information content (AvgIpc) is 2.68. The number of anilines is 1. The summed E-state index contributed by atoms with van der Waals surface area (Å²) < 4.78 is 0. The number of rotatable bonds is 3. The summed E-state index contributed by atoms with van der Waals surface area (Å²) >= 11 is 1.86. The maximum absolute atomic E-state index is 4.76. The van der Waals surface area contributed by atoms with Gasteiger partial charge < -0.3 is 10.2 Å². The van der Waals surface area contributed by atoms with Crippen LogP contribution in [0.15, 0.2) is 0 Å². The van der Waals surface area contributed by atoms with Gasteiger partial charge in [0.1, 0.15) is 0 Å². The molecule has 1 aromatic heterocycles. The van der Waals surface area contributed by atoms with Gasteiger partial charge in [-0.05, 0) is 46.5 Å². The quantitative estimate of drug-likeness (QED) is 0.918. The molecule has 3 nitrogen and oxygen atoms in total. The van der Waals surface area contributed by atoms with Gasteiger partial charge in [-0.15, -0.1) is 11.3 Å². The van der Waals surface area contributed by atoms with E-state index >= 15 is 0 Å². The largest absolute Gasteiger partial charge is 0.348 e. The first-order chi connectivity index (χ1) is 8.85. The summed E-state index contributed by atoms with van der Waals surface area (Å²) in [5.41, 5.74) is 1.35. The van der Waals surface area contributed by atoms with Gasteiger partial charge in [0.2, 0.25) is 0 Å². The summed E-state index contributed by atoms with van der Waals surface area (Å²) in [6, 6.07) is 0. The Kier molecular flexibility index (Phi) is 4.51. The highest BCUT2D eigenvalue weighted by Crippen LogP contribution is 2.29. The first-order valence-electron chi connectivity index (χ1n) is 7.31. The Morgan fingerprint density at radius 2 is 1.95 bits per heavy atom. The van der Waals surface area contributed by atoms with Gasteiger partial charge in [0.05, 0.1) is 5.69 Å². The first kappa shape index (κ1) is 14.8. The van der Waals surface area contributed by atoms with Crippen LogP contribution in [0.2, 0.25) is 0 Å². The zero-order chi connectivity index (χ0) is 14.0. The normalized spacial score (nSPS) is 18.1. The highest BCUT2D eigenvalue weighted by Gasteiger charge is 2.20. The Hall–Kier alpha value is -0.610. The summed E-state index contributed by atoms with van der Waals surface area (Å²) in [6.07, 6.45) is 2.60. The molecule has 1 saturated heterocycles. The SMILES string of the molecule is Cc1nc(N2CCC(C)CC2)sc1CNC(C)(C)C. The van der Waals surface area contributed by atoms with E-state index in [2.05, 4.69) is 44.8 Å². The molecule has 0 spiro atoms. The van der Waals surface area contributed by atoms with Crippen LogP contribution in [0, 0.1) is 12.8 Å². The number of piperidine rings is 1. The molecule has 4 heteroatoms. The van der Waals surface area contributed by atoms with E-state index < -0.39 is 0 Å². The summed E-state index contributed by atoms with van der Waals surface area (Å²) in [4.78, 5) is 8.60. The highest BCUT2D eigenvalue weighted by molar-refractivity contribution is 7.15. The second kappa shape index (κ2) is 5.80. The second-order valence-electron chi connectivity index (χ2n) is 6.78. The van der Waals surface area contributed by atoms with E-state index in [-0.39, 0.29) is 5.54 Å². The maximum Gasteiger partial charge on any atom is 0.185 e. The fraction of sp³-hybridized carbons (Fsp3) is 0.800. The van der Waals surface area contributed by atoms with E-state index in [1.165, 1.54) is 41.6 Å². The van der Waals surface area contributed by atoms with E-state index in [4.69, 9.17) is 4.98 Å². The minimum Gasteiger partial charge on any atom is -0.348 e. The maximum atomic E-state index is 4.76. The molecular formula is C15H27N3S. The lowest BCUT2D eigenvalue weighted by Gasteiger charge is -2.29. The summed E-state index contributed by atoms with van der Waals surface area (Å²) in [6.45, 7) is 14.4. The van der Waals surface area contributed by atoms with Crippen LogP contribution in [0.25, 0.3) is 0 Å². The summed E-state index contributed by atoms with van der Waals surface area (Å²) in [7, 11) is 0. The van der Waals surface area contributed by atoms with Gasteiger partial charge in [-0.25, -0.2) is 4.98 Å². The predicted octanol–water partition coefficient (Wildman–Crippen LogP) is 3.58. The Labute approximate surface area is 121 Å². The van der Waals surface area contributed by atoms with Gasteiger partial charge in [0.25, 0.3) is 0 Å². The number of thiazole rings is 1. The van der Waals surface area contributed by atoms with E-state index in [1.54, 1.807) is 0 Å². The minimum absolute atomic E-state index is 0.164. The number of nitrogens with zero attached hydrogens (tertiary/aromatic N) is 2. The van der Waals surface area contributed by atoms with E-state index in [0.717, 1.165) is 12.5 Å². The van der Waals surface area contributed by atoms with Crippen LogP contribution in [0.5, 0.6) is 0 Å². The van der Waals surface area contributed by atoms with Crippen LogP contribution >= 0.6 is 11.3 Å². The number of hydrogen-bond acceptors (Lipinski definition) is 4. The van der Waals surface area contributed by atoms with Crippen LogP contribution in [-0.2, 0) is 6.54 Å². The molecule has 0 amide bonds. The van der Waals surface area contributed by atoms with Crippen molar-refractivity contribution < 1.29 is 0 Å². The Balaban J connectivity index is 2.00. The fourth-order valence-electron chi connectivity index (χ4n) is 2.26. The smallest absolute Gasteiger partial charge is 0.185 e. The minimum atomic E-state index is 0.164. The number of aromatic nitrogens is 1. The zero-order valence-electron chi connectivity index (χ0n) is 12.9. The molecule has 19 heavy (non-hydrogen) atoms. The van der Waals surface area contributed by atoms with Crippen LogP contribution in [0.1, 0.15) is 51.1 Å². The van der Waals surface area contributed by atoms with Crippen LogP contribution in [0.4, 0.5) is 5.13 Å². The zero-order valence-corrected chi connectivity index (χ0v) is 13.7. The molecule has 0 saturated carbocycles. The van der Waals surface area contributed by atoms with E-state index in [1.807, 2.05) is 11.3 Å². The van der Waals surface area contributed by atoms with Gasteiger partial charge in [0, 0.05) is 30.1 Å². The van der Waals surface area contributed by atoms with Gasteiger partial charge in [-0.2, -0.15) is 0 Å². The molecular weight excluding hydrogens is 254 g/mol. The van der Waals surface area contributed by atoms with E-state index in [0.29, 0.717) is 0 Å². The number of hydrogen-bond donors (Lipinski definition) is 1. The molecule has 0 bridgehead atoms. The molecule has 2 rings (SSSR count). The van der Waals surface area contributed by atoms with Gasteiger partial charge >= 0.3 is 0 Å². The third-order valence-corrected chi connectivity index (χ3v) is 4.93. The lowest BCUT2D eigenvalue weighted by molar-refractivity contribution is 0.425.